The number of nitrogens with one attached hydrogen (secondary N) is 2. The second kappa shape index (κ2) is 11.8. The van der Waals surface area contributed by atoms with Crippen LogP contribution in [0.25, 0.3) is 0 Å². The van der Waals surface area contributed by atoms with Gasteiger partial charge >= 0.3 is 0 Å². The summed E-state index contributed by atoms with van der Waals surface area (Å²) in [5.41, 5.74) is 4.17. The van der Waals surface area contributed by atoms with E-state index in [2.05, 4.69) is 10.6 Å². The Balaban J connectivity index is 1.37. The van der Waals surface area contributed by atoms with Gasteiger partial charge in [-0.05, 0) is 78.2 Å². The quantitative estimate of drug-likeness (QED) is 0.252. The lowest BCUT2D eigenvalue weighted by molar-refractivity contribution is 0.101. The van der Waals surface area contributed by atoms with Gasteiger partial charge in [-0.25, -0.2) is 0 Å². The zero-order valence-corrected chi connectivity index (χ0v) is 21.7. The molecule has 2 N–H and O–H groups in total. The first-order chi connectivity index (χ1) is 17.9. The molecule has 0 saturated heterocycles. The standard InChI is InChI=1S/C29H24Cl2N2O4/c1-36-26-13-7-20(30)16-24(26)28(34)32-22-9-3-18(4-10-22)15-19-5-11-23(12-6-19)33-29(35)25-17-21(31)8-14-27(25)37-2/h3-14,16-17H,15H2,1-2H3,(H,32,34)(H,33,35). The van der Waals surface area contributed by atoms with Crippen LogP contribution in [0.1, 0.15) is 31.8 Å². The average molecular weight is 535 g/mol. The van der Waals surface area contributed by atoms with Crippen molar-refractivity contribution in [3.8, 4) is 11.5 Å². The molecule has 0 saturated carbocycles. The highest BCUT2D eigenvalue weighted by Crippen LogP contribution is 2.25. The summed E-state index contributed by atoms with van der Waals surface area (Å²) in [6, 6.07) is 25.0. The van der Waals surface area contributed by atoms with Crippen LogP contribution < -0.4 is 20.1 Å². The third kappa shape index (κ3) is 6.61. The fourth-order valence-corrected chi connectivity index (χ4v) is 4.10. The van der Waals surface area contributed by atoms with Gasteiger partial charge in [-0.2, -0.15) is 0 Å². The van der Waals surface area contributed by atoms with Crippen molar-refractivity contribution in [3.05, 3.63) is 117 Å². The van der Waals surface area contributed by atoms with Crippen molar-refractivity contribution in [2.75, 3.05) is 24.9 Å². The molecule has 188 valence electrons. The molecule has 8 heteroatoms. The van der Waals surface area contributed by atoms with Crippen LogP contribution in [0, 0.1) is 0 Å². The number of anilines is 2. The number of rotatable bonds is 8. The molecule has 0 heterocycles. The highest BCUT2D eigenvalue weighted by Gasteiger charge is 2.14. The van der Waals surface area contributed by atoms with E-state index in [-0.39, 0.29) is 11.8 Å². The van der Waals surface area contributed by atoms with E-state index in [0.29, 0.717) is 50.5 Å². The topological polar surface area (TPSA) is 76.7 Å². The Morgan fingerprint density at radius 2 is 1.00 bits per heavy atom. The highest BCUT2D eigenvalue weighted by molar-refractivity contribution is 6.31. The molecule has 0 aliphatic heterocycles. The Kier molecular flexibility index (Phi) is 8.33. The van der Waals surface area contributed by atoms with Gasteiger partial charge in [0.2, 0.25) is 0 Å². The summed E-state index contributed by atoms with van der Waals surface area (Å²) >= 11 is 12.1. The zero-order valence-electron chi connectivity index (χ0n) is 20.2. The lowest BCUT2D eigenvalue weighted by Crippen LogP contribution is -2.13. The number of hydrogen-bond donors (Lipinski definition) is 2. The number of ether oxygens (including phenoxy) is 2. The van der Waals surface area contributed by atoms with Crippen molar-refractivity contribution in [2.45, 2.75) is 6.42 Å². The minimum atomic E-state index is -0.305. The molecule has 4 rings (SSSR count). The molecule has 0 atom stereocenters. The second-order valence-corrected chi connectivity index (χ2v) is 9.04. The Morgan fingerprint density at radius 1 is 0.622 bits per heavy atom. The van der Waals surface area contributed by atoms with E-state index in [4.69, 9.17) is 32.7 Å². The van der Waals surface area contributed by atoms with Gasteiger partial charge in [-0.3, -0.25) is 9.59 Å². The van der Waals surface area contributed by atoms with Gasteiger partial charge in [0, 0.05) is 21.4 Å². The number of benzene rings is 4. The van der Waals surface area contributed by atoms with Crippen LogP contribution in [0.15, 0.2) is 84.9 Å². The summed E-state index contributed by atoms with van der Waals surface area (Å²) in [6.45, 7) is 0. The van der Waals surface area contributed by atoms with E-state index < -0.39 is 0 Å². The van der Waals surface area contributed by atoms with Crippen LogP contribution in [0.2, 0.25) is 10.0 Å². The van der Waals surface area contributed by atoms with E-state index in [0.717, 1.165) is 11.1 Å². The fraction of sp³-hybridized carbons (Fsp3) is 0.103. The maximum Gasteiger partial charge on any atom is 0.259 e. The lowest BCUT2D eigenvalue weighted by Gasteiger charge is -2.11. The van der Waals surface area contributed by atoms with Gasteiger partial charge in [0.15, 0.2) is 0 Å². The molecule has 0 aliphatic carbocycles. The molecule has 2 amide bonds. The van der Waals surface area contributed by atoms with Crippen molar-refractivity contribution < 1.29 is 19.1 Å². The van der Waals surface area contributed by atoms with Crippen molar-refractivity contribution in [1.29, 1.82) is 0 Å². The third-order valence-electron chi connectivity index (χ3n) is 5.64. The Hall–Kier alpha value is -4.00. The van der Waals surface area contributed by atoms with Crippen LogP contribution in [0.5, 0.6) is 11.5 Å². The maximum atomic E-state index is 12.7. The van der Waals surface area contributed by atoms with Crippen LogP contribution in [-0.4, -0.2) is 26.0 Å². The van der Waals surface area contributed by atoms with Crippen LogP contribution in [0.4, 0.5) is 11.4 Å². The monoisotopic (exact) mass is 534 g/mol. The lowest BCUT2D eigenvalue weighted by atomic mass is 10.0. The normalized spacial score (nSPS) is 10.5. The first kappa shape index (κ1) is 26.1. The Labute approximate surface area is 225 Å². The number of carbonyl (C=O) groups excluding carboxylic acids is 2. The summed E-state index contributed by atoms with van der Waals surface area (Å²) in [4.78, 5) is 25.4. The maximum absolute atomic E-state index is 12.7. The van der Waals surface area contributed by atoms with E-state index in [1.54, 1.807) is 36.4 Å². The van der Waals surface area contributed by atoms with Gasteiger partial charge in [0.1, 0.15) is 11.5 Å². The molecule has 4 aromatic carbocycles. The average Bonchev–Trinajstić information content (AvgIpc) is 2.90. The van der Waals surface area contributed by atoms with Crippen molar-refractivity contribution in [2.24, 2.45) is 0 Å². The highest BCUT2D eigenvalue weighted by atomic mass is 35.5. The second-order valence-electron chi connectivity index (χ2n) is 8.17. The minimum absolute atomic E-state index is 0.305. The largest absolute Gasteiger partial charge is 0.496 e. The molecule has 6 nitrogen and oxygen atoms in total. The summed E-state index contributed by atoms with van der Waals surface area (Å²) in [6.07, 6.45) is 0.687. The van der Waals surface area contributed by atoms with E-state index in [9.17, 15) is 9.59 Å². The predicted molar refractivity (Wildman–Crippen MR) is 148 cm³/mol. The zero-order chi connectivity index (χ0) is 26.4. The Bertz CT molecular complexity index is 1310. The van der Waals surface area contributed by atoms with Gasteiger partial charge in [-0.15, -0.1) is 0 Å². The molecule has 0 aromatic heterocycles. The summed E-state index contributed by atoms with van der Waals surface area (Å²) in [5, 5.41) is 6.64. The van der Waals surface area contributed by atoms with Gasteiger partial charge in [0.05, 0.1) is 25.3 Å². The summed E-state index contributed by atoms with van der Waals surface area (Å²) in [5.74, 6) is 0.287. The van der Waals surface area contributed by atoms with Crippen LogP contribution >= 0.6 is 23.2 Å². The van der Waals surface area contributed by atoms with Gasteiger partial charge < -0.3 is 20.1 Å². The molecular weight excluding hydrogens is 511 g/mol. The smallest absolute Gasteiger partial charge is 0.259 e. The summed E-state index contributed by atoms with van der Waals surface area (Å²) in [7, 11) is 3.01. The first-order valence-corrected chi connectivity index (χ1v) is 12.1. The molecule has 0 fully saturated rings. The number of carbonyl (C=O) groups is 2. The molecule has 0 unspecified atom stereocenters. The minimum Gasteiger partial charge on any atom is -0.496 e. The van der Waals surface area contributed by atoms with Gasteiger partial charge in [0.25, 0.3) is 11.8 Å². The van der Waals surface area contributed by atoms with Crippen molar-refractivity contribution >= 4 is 46.4 Å². The van der Waals surface area contributed by atoms with Crippen molar-refractivity contribution in [1.82, 2.24) is 0 Å². The first-order valence-electron chi connectivity index (χ1n) is 11.3. The van der Waals surface area contributed by atoms with E-state index in [1.807, 2.05) is 48.5 Å². The number of hydrogen-bond acceptors (Lipinski definition) is 4. The number of halogens is 2. The molecule has 37 heavy (non-hydrogen) atoms. The van der Waals surface area contributed by atoms with E-state index >= 15 is 0 Å². The van der Waals surface area contributed by atoms with Crippen LogP contribution in [-0.2, 0) is 6.42 Å². The fourth-order valence-electron chi connectivity index (χ4n) is 3.76. The third-order valence-corrected chi connectivity index (χ3v) is 6.11. The molecule has 0 aliphatic rings. The summed E-state index contributed by atoms with van der Waals surface area (Å²) < 4.78 is 10.5. The molecular formula is C29H24Cl2N2O4. The molecule has 0 spiro atoms. The molecule has 0 bridgehead atoms. The molecule has 0 radical (unpaired) electrons. The van der Waals surface area contributed by atoms with E-state index in [1.165, 1.54) is 14.2 Å². The SMILES string of the molecule is COc1ccc(Cl)cc1C(=O)Nc1ccc(Cc2ccc(NC(=O)c3cc(Cl)ccc3OC)cc2)cc1. The van der Waals surface area contributed by atoms with Crippen LogP contribution in [0.3, 0.4) is 0 Å². The Morgan fingerprint density at radius 3 is 1.35 bits per heavy atom. The molecule has 4 aromatic rings. The van der Waals surface area contributed by atoms with Gasteiger partial charge in [-0.1, -0.05) is 47.5 Å². The van der Waals surface area contributed by atoms with Crippen molar-refractivity contribution in [3.63, 3.8) is 0 Å². The number of methoxy groups -OCH3 is 2. The number of amides is 2. The predicted octanol–water partition coefficient (Wildman–Crippen LogP) is 7.11.